The molecule has 7 heavy (non-hydrogen) atoms. The van der Waals surface area contributed by atoms with Crippen LogP contribution in [0.5, 0.6) is 0 Å². The maximum absolute atomic E-state index is 2.45. The van der Waals surface area contributed by atoms with Crippen molar-refractivity contribution in [2.45, 2.75) is 25.7 Å². The molecule has 38 valence electrons. The summed E-state index contributed by atoms with van der Waals surface area (Å²) in [5.41, 5.74) is 0.694. The molecule has 0 bridgehead atoms. The van der Waals surface area contributed by atoms with Crippen molar-refractivity contribution in [1.82, 2.24) is 0 Å². The molecule has 0 N–H and O–H groups in total. The first-order valence-electron chi connectivity index (χ1n) is 3.10. The predicted octanol–water partition coefficient (Wildman–Crippen LogP) is 1.97. The van der Waals surface area contributed by atoms with E-state index in [2.05, 4.69) is 12.8 Å². The van der Waals surface area contributed by atoms with Gasteiger partial charge in [0, 0.05) is 0 Å². The average Bonchev–Trinajstić information content (AvgIpc) is 1.20. The quantitative estimate of drug-likeness (QED) is 0.430. The van der Waals surface area contributed by atoms with Gasteiger partial charge in [-0.1, -0.05) is 0 Å². The van der Waals surface area contributed by atoms with Crippen LogP contribution in [0.15, 0.2) is 0 Å². The second-order valence-electron chi connectivity index (χ2n) is 2.72. The van der Waals surface area contributed by atoms with Crippen LogP contribution in [-0.4, -0.2) is 0 Å². The Morgan fingerprint density at radius 3 is 1.43 bits per heavy atom. The lowest BCUT2D eigenvalue weighted by Gasteiger charge is -2.48. The molecule has 0 aromatic rings. The third-order valence-electron chi connectivity index (χ3n) is 2.32. The maximum Gasteiger partial charge on any atom is -0.0235 e. The molecule has 2 aliphatic carbocycles. The summed E-state index contributed by atoms with van der Waals surface area (Å²) < 4.78 is 0. The molecule has 0 aliphatic heterocycles. The van der Waals surface area contributed by atoms with E-state index in [4.69, 9.17) is 0 Å². The van der Waals surface area contributed by atoms with Crippen LogP contribution in [0, 0.1) is 18.3 Å². The highest BCUT2D eigenvalue weighted by molar-refractivity contribution is 5.16. The molecule has 2 radical (unpaired) electrons. The summed E-state index contributed by atoms with van der Waals surface area (Å²) in [6.45, 7) is 0. The van der Waals surface area contributed by atoms with Gasteiger partial charge in [0.1, 0.15) is 0 Å². The van der Waals surface area contributed by atoms with Gasteiger partial charge in [0.05, 0.1) is 0 Å². The van der Waals surface area contributed by atoms with Crippen LogP contribution in [0.25, 0.3) is 0 Å². The second-order valence-corrected chi connectivity index (χ2v) is 2.72. The van der Waals surface area contributed by atoms with Crippen LogP contribution in [0.4, 0.5) is 0 Å². The number of hydrogen-bond acceptors (Lipinski definition) is 0. The van der Waals surface area contributed by atoms with Crippen molar-refractivity contribution in [3.63, 3.8) is 0 Å². The highest BCUT2D eigenvalue weighted by Crippen LogP contribution is 2.53. The smallest absolute Gasteiger partial charge is 0.0235 e. The molecule has 0 aromatic carbocycles. The van der Waals surface area contributed by atoms with Crippen LogP contribution in [-0.2, 0) is 0 Å². The van der Waals surface area contributed by atoms with Crippen molar-refractivity contribution in [2.75, 3.05) is 0 Å². The Balaban J connectivity index is 2.00. The molecule has 2 saturated carbocycles. The Morgan fingerprint density at radius 2 is 1.43 bits per heavy atom. The minimum absolute atomic E-state index is 0.694. The summed E-state index contributed by atoms with van der Waals surface area (Å²) in [6, 6.07) is 0. The lowest BCUT2D eigenvalue weighted by molar-refractivity contribution is 0.184. The van der Waals surface area contributed by atoms with Crippen LogP contribution >= 0.6 is 0 Å². The molecule has 0 atom stereocenters. The van der Waals surface area contributed by atoms with Crippen molar-refractivity contribution in [1.29, 1.82) is 0 Å². The Morgan fingerprint density at radius 1 is 1.00 bits per heavy atom. The summed E-state index contributed by atoms with van der Waals surface area (Å²) >= 11 is 0. The first-order chi connectivity index (χ1) is 3.41. The third kappa shape index (κ3) is 0.375. The fourth-order valence-corrected chi connectivity index (χ4v) is 1.44. The van der Waals surface area contributed by atoms with Crippen LogP contribution < -0.4 is 0 Å². The van der Waals surface area contributed by atoms with Gasteiger partial charge in [-0.25, -0.2) is 0 Å². The molecule has 1 spiro atoms. The van der Waals surface area contributed by atoms with Gasteiger partial charge in [-0.05, 0) is 43.9 Å². The summed E-state index contributed by atoms with van der Waals surface area (Å²) in [4.78, 5) is 0. The molecular weight excluding hydrogens is 84.1 g/mol. The van der Waals surface area contributed by atoms with Gasteiger partial charge in [0.25, 0.3) is 0 Å². The van der Waals surface area contributed by atoms with E-state index >= 15 is 0 Å². The highest BCUT2D eigenvalue weighted by atomic mass is 14.5. The zero-order valence-corrected chi connectivity index (χ0v) is 4.48. The molecule has 2 rings (SSSR count). The van der Waals surface area contributed by atoms with E-state index in [1.807, 2.05) is 0 Å². The minimum Gasteiger partial charge on any atom is -0.0491 e. The van der Waals surface area contributed by atoms with E-state index in [1.165, 1.54) is 25.7 Å². The topological polar surface area (TPSA) is 0 Å². The summed E-state index contributed by atoms with van der Waals surface area (Å²) in [5.74, 6) is 0. The average molecular weight is 94.2 g/mol. The van der Waals surface area contributed by atoms with Crippen molar-refractivity contribution < 1.29 is 0 Å². The van der Waals surface area contributed by atoms with E-state index in [0.717, 1.165) is 0 Å². The van der Waals surface area contributed by atoms with Gasteiger partial charge in [-0.3, -0.25) is 0 Å². The Bertz CT molecular complexity index is 60.5. The van der Waals surface area contributed by atoms with Gasteiger partial charge in [-0.2, -0.15) is 0 Å². The van der Waals surface area contributed by atoms with Gasteiger partial charge >= 0.3 is 0 Å². The number of hydrogen-bond donors (Lipinski definition) is 0. The van der Waals surface area contributed by atoms with Gasteiger partial charge in [0.15, 0.2) is 0 Å². The van der Waals surface area contributed by atoms with Gasteiger partial charge < -0.3 is 0 Å². The third-order valence-corrected chi connectivity index (χ3v) is 2.32. The van der Waals surface area contributed by atoms with E-state index in [-0.39, 0.29) is 0 Å². The normalized spacial score (nSPS) is 34.3. The van der Waals surface area contributed by atoms with Crippen LogP contribution in [0.2, 0.25) is 0 Å². The zero-order chi connectivity index (χ0) is 4.74. The molecule has 0 heteroatoms. The van der Waals surface area contributed by atoms with E-state index in [9.17, 15) is 0 Å². The SMILES string of the molecule is [CH]1CCC12[CH]CC2. The summed E-state index contributed by atoms with van der Waals surface area (Å²) in [5, 5.41) is 0. The molecule has 0 amide bonds. The van der Waals surface area contributed by atoms with Gasteiger partial charge in [-0.15, -0.1) is 0 Å². The van der Waals surface area contributed by atoms with E-state index in [1.54, 1.807) is 0 Å². The van der Waals surface area contributed by atoms with E-state index < -0.39 is 0 Å². The predicted molar refractivity (Wildman–Crippen MR) is 29.5 cm³/mol. The molecule has 0 nitrogen and oxygen atoms in total. The first kappa shape index (κ1) is 3.94. The molecule has 0 aromatic heterocycles. The minimum atomic E-state index is 0.694. The van der Waals surface area contributed by atoms with Crippen LogP contribution in [0.3, 0.4) is 0 Å². The Kier molecular flexibility index (Phi) is 0.586. The Labute approximate surface area is 44.9 Å². The summed E-state index contributed by atoms with van der Waals surface area (Å²) in [6.07, 6.45) is 10.6. The number of rotatable bonds is 0. The standard InChI is InChI=1S/C7H10/c1-3-7(4-1)5-2-6-7/h3,5H,1-2,4,6H2. The van der Waals surface area contributed by atoms with Crippen molar-refractivity contribution in [3.8, 4) is 0 Å². The van der Waals surface area contributed by atoms with Gasteiger partial charge in [0.2, 0.25) is 0 Å². The van der Waals surface area contributed by atoms with Crippen LogP contribution in [0.1, 0.15) is 25.7 Å². The molecular formula is C7H10. The van der Waals surface area contributed by atoms with Crippen molar-refractivity contribution >= 4 is 0 Å². The maximum atomic E-state index is 2.45. The zero-order valence-electron chi connectivity index (χ0n) is 4.48. The van der Waals surface area contributed by atoms with Crippen molar-refractivity contribution in [3.05, 3.63) is 12.8 Å². The summed E-state index contributed by atoms with van der Waals surface area (Å²) in [7, 11) is 0. The fourth-order valence-electron chi connectivity index (χ4n) is 1.44. The molecule has 2 fully saturated rings. The second kappa shape index (κ2) is 1.04. The lowest BCUT2D eigenvalue weighted by atomic mass is 9.56. The fraction of sp³-hybridized carbons (Fsp3) is 0.714. The lowest BCUT2D eigenvalue weighted by Crippen LogP contribution is -2.37. The Hall–Kier alpha value is 0. The largest absolute Gasteiger partial charge is 0.0491 e. The highest BCUT2D eigenvalue weighted by Gasteiger charge is 2.42. The van der Waals surface area contributed by atoms with E-state index in [0.29, 0.717) is 5.41 Å². The molecule has 0 saturated heterocycles. The van der Waals surface area contributed by atoms with Crippen molar-refractivity contribution in [2.24, 2.45) is 5.41 Å². The molecule has 0 unspecified atom stereocenters. The molecule has 2 aliphatic rings. The monoisotopic (exact) mass is 94.1 g/mol. The first-order valence-corrected chi connectivity index (χ1v) is 3.10. The molecule has 0 heterocycles.